The van der Waals surface area contributed by atoms with Crippen molar-refractivity contribution in [2.75, 3.05) is 26.2 Å². The summed E-state index contributed by atoms with van der Waals surface area (Å²) in [6.45, 7) is 3.11. The molecule has 4 heteroatoms. The van der Waals surface area contributed by atoms with Crippen LogP contribution in [-0.4, -0.2) is 48.2 Å². The maximum atomic E-state index is 12.1. The van der Waals surface area contributed by atoms with Gasteiger partial charge in [0.1, 0.15) is 0 Å². The highest BCUT2D eigenvalue weighted by molar-refractivity contribution is 5.94. The van der Waals surface area contributed by atoms with Gasteiger partial charge in [0.05, 0.1) is 0 Å². The van der Waals surface area contributed by atoms with Crippen LogP contribution in [0.25, 0.3) is 0 Å². The summed E-state index contributed by atoms with van der Waals surface area (Å²) in [4.78, 5) is 14.6. The normalized spacial score (nSPS) is 19.4. The Morgan fingerprint density at radius 2 is 2.05 bits per heavy atom. The summed E-state index contributed by atoms with van der Waals surface area (Å²) >= 11 is 0. The quantitative estimate of drug-likeness (QED) is 0.756. The van der Waals surface area contributed by atoms with Crippen LogP contribution in [0.4, 0.5) is 0 Å². The van der Waals surface area contributed by atoms with Gasteiger partial charge in [0.2, 0.25) is 0 Å². The molecule has 4 nitrogen and oxygen atoms in total. The number of rotatable bonds is 7. The highest BCUT2D eigenvalue weighted by Crippen LogP contribution is 2.17. The van der Waals surface area contributed by atoms with Crippen LogP contribution in [0, 0.1) is 0 Å². The van der Waals surface area contributed by atoms with Crippen LogP contribution in [0.5, 0.6) is 0 Å². The largest absolute Gasteiger partial charge is 0.396 e. The van der Waals surface area contributed by atoms with E-state index >= 15 is 0 Å². The summed E-state index contributed by atoms with van der Waals surface area (Å²) in [6.07, 6.45) is 5.51. The molecule has 2 rings (SSSR count). The molecule has 1 aliphatic rings. The first-order chi connectivity index (χ1) is 10.3. The molecule has 1 unspecified atom stereocenters. The Bertz CT molecular complexity index is 422. The Balaban J connectivity index is 1.80. The van der Waals surface area contributed by atoms with Crippen molar-refractivity contribution in [2.45, 2.75) is 38.1 Å². The molecule has 21 heavy (non-hydrogen) atoms. The number of carbonyl (C=O) groups excluding carboxylic acids is 1. The van der Waals surface area contributed by atoms with E-state index in [1.54, 1.807) is 0 Å². The van der Waals surface area contributed by atoms with Crippen molar-refractivity contribution in [1.82, 2.24) is 10.2 Å². The third kappa shape index (κ3) is 5.14. The predicted molar refractivity (Wildman–Crippen MR) is 84.3 cm³/mol. The molecule has 1 fully saturated rings. The molecule has 0 spiro atoms. The van der Waals surface area contributed by atoms with Crippen LogP contribution in [0.2, 0.25) is 0 Å². The number of benzene rings is 1. The molecular weight excluding hydrogens is 264 g/mol. The molecule has 1 aliphatic heterocycles. The minimum Gasteiger partial charge on any atom is -0.396 e. The Morgan fingerprint density at radius 3 is 2.81 bits per heavy atom. The summed E-state index contributed by atoms with van der Waals surface area (Å²) < 4.78 is 0. The van der Waals surface area contributed by atoms with Crippen LogP contribution in [0.15, 0.2) is 30.3 Å². The molecule has 116 valence electrons. The molecule has 0 aliphatic carbocycles. The Hall–Kier alpha value is -1.39. The number of nitrogens with one attached hydrogen (secondary N) is 1. The average Bonchev–Trinajstić information content (AvgIpc) is 2.54. The molecule has 1 aromatic rings. The zero-order chi connectivity index (χ0) is 14.9. The lowest BCUT2D eigenvalue weighted by atomic mass is 10.0. The van der Waals surface area contributed by atoms with Crippen LogP contribution in [0.3, 0.4) is 0 Å². The number of amides is 1. The molecule has 0 aromatic heterocycles. The second-order valence-electron chi connectivity index (χ2n) is 5.69. The summed E-state index contributed by atoms with van der Waals surface area (Å²) in [7, 11) is 0. The lowest BCUT2D eigenvalue weighted by molar-refractivity contribution is 0.0911. The van der Waals surface area contributed by atoms with Gasteiger partial charge in [0.25, 0.3) is 5.91 Å². The predicted octanol–water partition coefficient (Wildman–Crippen LogP) is 2.04. The van der Waals surface area contributed by atoms with Gasteiger partial charge in [-0.1, -0.05) is 24.6 Å². The lowest BCUT2D eigenvalue weighted by Gasteiger charge is -2.35. The number of nitrogens with zero attached hydrogens (tertiary/aromatic N) is 1. The molecule has 0 bridgehead atoms. The van der Waals surface area contributed by atoms with Crippen molar-refractivity contribution in [3.63, 3.8) is 0 Å². The highest BCUT2D eigenvalue weighted by Gasteiger charge is 2.22. The minimum atomic E-state index is 0.0106. The van der Waals surface area contributed by atoms with Gasteiger partial charge in [-0.2, -0.15) is 0 Å². The summed E-state index contributed by atoms with van der Waals surface area (Å²) in [5.74, 6) is 0.0106. The minimum absolute atomic E-state index is 0.0106. The molecule has 2 N–H and O–H groups in total. The second kappa shape index (κ2) is 8.80. The van der Waals surface area contributed by atoms with E-state index in [1.165, 1.54) is 12.8 Å². The fourth-order valence-electron chi connectivity index (χ4n) is 2.91. The average molecular weight is 290 g/mol. The van der Waals surface area contributed by atoms with Crippen molar-refractivity contribution in [3.05, 3.63) is 35.9 Å². The molecule has 1 amide bonds. The maximum Gasteiger partial charge on any atom is 0.251 e. The SMILES string of the molecule is O=C(NCC1CCCCN1CCCCO)c1ccccc1. The summed E-state index contributed by atoms with van der Waals surface area (Å²) in [6, 6.07) is 9.81. The molecule has 1 aromatic carbocycles. The molecule has 0 radical (unpaired) electrons. The smallest absolute Gasteiger partial charge is 0.251 e. The summed E-state index contributed by atoms with van der Waals surface area (Å²) in [5, 5.41) is 11.9. The van der Waals surface area contributed by atoms with Crippen LogP contribution >= 0.6 is 0 Å². The van der Waals surface area contributed by atoms with Gasteiger partial charge in [-0.15, -0.1) is 0 Å². The zero-order valence-electron chi connectivity index (χ0n) is 12.6. The molecule has 1 saturated heterocycles. The van der Waals surface area contributed by atoms with E-state index in [0.717, 1.165) is 37.9 Å². The fourth-order valence-corrected chi connectivity index (χ4v) is 2.91. The number of hydrogen-bond acceptors (Lipinski definition) is 3. The van der Waals surface area contributed by atoms with E-state index in [4.69, 9.17) is 5.11 Å². The number of likely N-dealkylation sites (tertiary alicyclic amines) is 1. The first-order valence-electron chi connectivity index (χ1n) is 7.99. The summed E-state index contributed by atoms with van der Waals surface area (Å²) in [5.41, 5.74) is 0.722. The maximum absolute atomic E-state index is 12.1. The molecule has 1 heterocycles. The van der Waals surface area contributed by atoms with Crippen LogP contribution < -0.4 is 5.32 Å². The van der Waals surface area contributed by atoms with E-state index in [0.29, 0.717) is 12.6 Å². The Kier molecular flexibility index (Phi) is 6.70. The number of hydrogen-bond donors (Lipinski definition) is 2. The van der Waals surface area contributed by atoms with Crippen LogP contribution in [0.1, 0.15) is 42.5 Å². The highest BCUT2D eigenvalue weighted by atomic mass is 16.2. The fraction of sp³-hybridized carbons (Fsp3) is 0.588. The van der Waals surface area contributed by atoms with Gasteiger partial charge in [-0.3, -0.25) is 9.69 Å². The van der Waals surface area contributed by atoms with Crippen molar-refractivity contribution in [3.8, 4) is 0 Å². The number of carbonyl (C=O) groups is 1. The second-order valence-corrected chi connectivity index (χ2v) is 5.69. The number of piperidine rings is 1. The van der Waals surface area contributed by atoms with Gasteiger partial charge in [0.15, 0.2) is 0 Å². The van der Waals surface area contributed by atoms with Crippen molar-refractivity contribution in [2.24, 2.45) is 0 Å². The number of aliphatic hydroxyl groups is 1. The van der Waals surface area contributed by atoms with Gasteiger partial charge < -0.3 is 10.4 Å². The van der Waals surface area contributed by atoms with Crippen LogP contribution in [-0.2, 0) is 0 Å². The Morgan fingerprint density at radius 1 is 1.24 bits per heavy atom. The third-order valence-corrected chi connectivity index (χ3v) is 4.14. The Labute approximate surface area is 127 Å². The molecule has 0 saturated carbocycles. The third-order valence-electron chi connectivity index (χ3n) is 4.14. The van der Waals surface area contributed by atoms with E-state index in [-0.39, 0.29) is 12.5 Å². The lowest BCUT2D eigenvalue weighted by Crippen LogP contribution is -2.47. The van der Waals surface area contributed by atoms with Gasteiger partial charge in [-0.25, -0.2) is 0 Å². The number of aliphatic hydroxyl groups excluding tert-OH is 1. The molecular formula is C17H26N2O2. The first-order valence-corrected chi connectivity index (χ1v) is 7.99. The number of unbranched alkanes of at least 4 members (excludes halogenated alkanes) is 1. The van der Waals surface area contributed by atoms with E-state index < -0.39 is 0 Å². The standard InChI is InChI=1S/C17H26N2O2/c20-13-7-6-12-19-11-5-4-10-16(19)14-18-17(21)15-8-2-1-3-9-15/h1-3,8-9,16,20H,4-7,10-14H2,(H,18,21). The topological polar surface area (TPSA) is 52.6 Å². The first kappa shape index (κ1) is 16.0. The van der Waals surface area contributed by atoms with Crippen molar-refractivity contribution < 1.29 is 9.90 Å². The van der Waals surface area contributed by atoms with Gasteiger partial charge in [-0.05, 0) is 50.9 Å². The zero-order valence-corrected chi connectivity index (χ0v) is 12.6. The van der Waals surface area contributed by atoms with E-state index in [9.17, 15) is 4.79 Å². The van der Waals surface area contributed by atoms with Crippen molar-refractivity contribution in [1.29, 1.82) is 0 Å². The van der Waals surface area contributed by atoms with E-state index in [2.05, 4.69) is 10.2 Å². The molecule has 1 atom stereocenters. The van der Waals surface area contributed by atoms with Gasteiger partial charge >= 0.3 is 0 Å². The van der Waals surface area contributed by atoms with E-state index in [1.807, 2.05) is 30.3 Å². The van der Waals surface area contributed by atoms with Crippen molar-refractivity contribution >= 4 is 5.91 Å². The monoisotopic (exact) mass is 290 g/mol. The van der Waals surface area contributed by atoms with Gasteiger partial charge in [0, 0.05) is 24.8 Å².